The molecule has 3 rings (SSSR count). The zero-order valence-corrected chi connectivity index (χ0v) is 14.4. The first-order valence-electron chi connectivity index (χ1n) is 8.06. The van der Waals surface area contributed by atoms with Crippen molar-refractivity contribution in [3.63, 3.8) is 0 Å². The predicted octanol–water partition coefficient (Wildman–Crippen LogP) is 3.49. The minimum atomic E-state index is -0.278. The molecule has 0 unspecified atom stereocenters. The Balaban J connectivity index is 1.58. The van der Waals surface area contributed by atoms with E-state index in [2.05, 4.69) is 20.4 Å². The number of hydrogen-bond donors (Lipinski definition) is 1. The maximum Gasteiger partial charge on any atom is 0.279 e. The van der Waals surface area contributed by atoms with Gasteiger partial charge >= 0.3 is 0 Å². The van der Waals surface area contributed by atoms with E-state index in [9.17, 15) is 4.79 Å². The topological polar surface area (TPSA) is 71.3 Å². The van der Waals surface area contributed by atoms with Gasteiger partial charge in [-0.2, -0.15) is 0 Å². The Morgan fingerprint density at radius 2 is 2.17 bits per heavy atom. The quantitative estimate of drug-likeness (QED) is 0.906. The van der Waals surface area contributed by atoms with Gasteiger partial charge in [0, 0.05) is 23.9 Å². The maximum atomic E-state index is 12.2. The SMILES string of the molecule is CC(C)c1cc(C(=O)Nc2nc(CN3CCCCC3)cs2)no1. The second-order valence-electron chi connectivity index (χ2n) is 6.20. The summed E-state index contributed by atoms with van der Waals surface area (Å²) < 4.78 is 5.16. The number of nitrogens with one attached hydrogen (secondary N) is 1. The molecule has 0 radical (unpaired) electrons. The zero-order valence-electron chi connectivity index (χ0n) is 13.5. The number of rotatable bonds is 5. The van der Waals surface area contributed by atoms with E-state index in [1.165, 1.54) is 30.6 Å². The van der Waals surface area contributed by atoms with Crippen LogP contribution in [0.15, 0.2) is 16.0 Å². The lowest BCUT2D eigenvalue weighted by Crippen LogP contribution is -2.29. The fraction of sp³-hybridized carbons (Fsp3) is 0.562. The highest BCUT2D eigenvalue weighted by Crippen LogP contribution is 2.20. The van der Waals surface area contributed by atoms with Crippen molar-refractivity contribution >= 4 is 22.4 Å². The number of carbonyl (C=O) groups is 1. The van der Waals surface area contributed by atoms with Crippen molar-refractivity contribution < 1.29 is 9.32 Å². The number of likely N-dealkylation sites (tertiary alicyclic amines) is 1. The molecule has 23 heavy (non-hydrogen) atoms. The van der Waals surface area contributed by atoms with E-state index in [4.69, 9.17) is 4.52 Å². The molecule has 2 aromatic rings. The Labute approximate surface area is 139 Å². The molecular weight excluding hydrogens is 312 g/mol. The van der Waals surface area contributed by atoms with Crippen LogP contribution in [0, 0.1) is 0 Å². The molecular formula is C16H22N4O2S. The van der Waals surface area contributed by atoms with Gasteiger partial charge in [-0.15, -0.1) is 11.3 Å². The lowest BCUT2D eigenvalue weighted by Gasteiger charge is -2.25. The first-order valence-corrected chi connectivity index (χ1v) is 8.94. The van der Waals surface area contributed by atoms with Crippen LogP contribution in [0.5, 0.6) is 0 Å². The molecule has 3 heterocycles. The molecule has 0 aromatic carbocycles. The summed E-state index contributed by atoms with van der Waals surface area (Å²) in [5.41, 5.74) is 1.30. The van der Waals surface area contributed by atoms with Crippen LogP contribution in [-0.2, 0) is 6.54 Å². The molecule has 0 aliphatic carbocycles. The standard InChI is InChI=1S/C16H22N4O2S/c1-11(2)14-8-13(19-22-14)15(21)18-16-17-12(10-23-16)9-20-6-4-3-5-7-20/h8,10-11H,3-7,9H2,1-2H3,(H,17,18,21). The largest absolute Gasteiger partial charge is 0.360 e. The van der Waals surface area contributed by atoms with Gasteiger partial charge < -0.3 is 4.52 Å². The molecule has 0 saturated carbocycles. The van der Waals surface area contributed by atoms with Crippen molar-refractivity contribution in [1.82, 2.24) is 15.0 Å². The van der Waals surface area contributed by atoms with E-state index in [0.29, 0.717) is 16.6 Å². The molecule has 1 amide bonds. The smallest absolute Gasteiger partial charge is 0.279 e. The van der Waals surface area contributed by atoms with Gasteiger partial charge in [0.2, 0.25) is 0 Å². The first-order chi connectivity index (χ1) is 11.1. The van der Waals surface area contributed by atoms with E-state index >= 15 is 0 Å². The highest BCUT2D eigenvalue weighted by Gasteiger charge is 2.17. The number of anilines is 1. The summed E-state index contributed by atoms with van der Waals surface area (Å²) in [4.78, 5) is 19.1. The van der Waals surface area contributed by atoms with Gasteiger partial charge in [0.05, 0.1) is 5.69 Å². The number of carbonyl (C=O) groups excluding carboxylic acids is 1. The monoisotopic (exact) mass is 334 g/mol. The summed E-state index contributed by atoms with van der Waals surface area (Å²) in [5, 5.41) is 9.23. The summed E-state index contributed by atoms with van der Waals surface area (Å²) in [6, 6.07) is 1.68. The van der Waals surface area contributed by atoms with Crippen LogP contribution < -0.4 is 5.32 Å². The van der Waals surface area contributed by atoms with Crippen molar-refractivity contribution in [2.24, 2.45) is 0 Å². The van der Waals surface area contributed by atoms with Crippen molar-refractivity contribution in [3.8, 4) is 0 Å². The van der Waals surface area contributed by atoms with E-state index < -0.39 is 0 Å². The number of nitrogens with zero attached hydrogens (tertiary/aromatic N) is 3. The minimum Gasteiger partial charge on any atom is -0.360 e. The van der Waals surface area contributed by atoms with Gasteiger partial charge in [-0.3, -0.25) is 15.0 Å². The first kappa shape index (κ1) is 16.1. The molecule has 7 heteroatoms. The lowest BCUT2D eigenvalue weighted by atomic mass is 10.1. The van der Waals surface area contributed by atoms with Crippen molar-refractivity contribution in [2.45, 2.75) is 45.6 Å². The molecule has 1 aliphatic rings. The zero-order chi connectivity index (χ0) is 16.2. The maximum absolute atomic E-state index is 12.2. The van der Waals surface area contributed by atoms with Crippen LogP contribution >= 0.6 is 11.3 Å². The third-order valence-corrected chi connectivity index (χ3v) is 4.74. The van der Waals surface area contributed by atoms with Crippen molar-refractivity contribution in [2.75, 3.05) is 18.4 Å². The Kier molecular flexibility index (Phi) is 5.07. The van der Waals surface area contributed by atoms with E-state index in [1.807, 2.05) is 19.2 Å². The number of thiazole rings is 1. The fourth-order valence-electron chi connectivity index (χ4n) is 2.61. The molecule has 0 spiro atoms. The average Bonchev–Trinajstić information content (AvgIpc) is 3.18. The second-order valence-corrected chi connectivity index (χ2v) is 7.06. The van der Waals surface area contributed by atoms with E-state index in [-0.39, 0.29) is 11.8 Å². The molecule has 2 aromatic heterocycles. The average molecular weight is 334 g/mol. The highest BCUT2D eigenvalue weighted by molar-refractivity contribution is 7.13. The van der Waals surface area contributed by atoms with Crippen LogP contribution in [0.4, 0.5) is 5.13 Å². The summed E-state index contributed by atoms with van der Waals surface area (Å²) >= 11 is 1.45. The Morgan fingerprint density at radius 3 is 2.87 bits per heavy atom. The van der Waals surface area contributed by atoms with Crippen LogP contribution in [0.3, 0.4) is 0 Å². The van der Waals surface area contributed by atoms with E-state index in [1.54, 1.807) is 6.07 Å². The fourth-order valence-corrected chi connectivity index (χ4v) is 3.31. The minimum absolute atomic E-state index is 0.208. The predicted molar refractivity (Wildman–Crippen MR) is 89.8 cm³/mol. The van der Waals surface area contributed by atoms with Crippen molar-refractivity contribution in [1.29, 1.82) is 0 Å². The Bertz CT molecular complexity index is 659. The highest BCUT2D eigenvalue weighted by atomic mass is 32.1. The van der Waals surface area contributed by atoms with Crippen molar-refractivity contribution in [3.05, 3.63) is 28.6 Å². The van der Waals surface area contributed by atoms with E-state index in [0.717, 1.165) is 25.3 Å². The number of amides is 1. The molecule has 1 fully saturated rings. The molecule has 1 aliphatic heterocycles. The van der Waals surface area contributed by atoms with Crippen LogP contribution in [0.1, 0.15) is 61.0 Å². The molecule has 0 atom stereocenters. The van der Waals surface area contributed by atoms with Gasteiger partial charge in [0.15, 0.2) is 10.8 Å². The summed E-state index contributed by atoms with van der Waals surface area (Å²) in [5.74, 6) is 0.639. The van der Waals surface area contributed by atoms with Crippen LogP contribution in [0.25, 0.3) is 0 Å². The van der Waals surface area contributed by atoms with Crippen LogP contribution in [-0.4, -0.2) is 34.0 Å². The second kappa shape index (κ2) is 7.23. The molecule has 6 nitrogen and oxygen atoms in total. The van der Waals surface area contributed by atoms with Gasteiger partial charge in [-0.05, 0) is 25.9 Å². The van der Waals surface area contributed by atoms with Gasteiger partial charge in [0.1, 0.15) is 5.76 Å². The Hall–Kier alpha value is -1.73. The normalized spacial score (nSPS) is 16.0. The third-order valence-electron chi connectivity index (χ3n) is 3.94. The Morgan fingerprint density at radius 1 is 1.39 bits per heavy atom. The molecule has 0 bridgehead atoms. The number of hydrogen-bond acceptors (Lipinski definition) is 6. The number of piperidine rings is 1. The molecule has 1 N–H and O–H groups in total. The van der Waals surface area contributed by atoms with Crippen LogP contribution in [0.2, 0.25) is 0 Å². The number of aromatic nitrogens is 2. The summed E-state index contributed by atoms with van der Waals surface area (Å²) in [6.45, 7) is 7.12. The van der Waals surface area contributed by atoms with Gasteiger partial charge in [-0.25, -0.2) is 4.98 Å². The molecule has 124 valence electrons. The summed E-state index contributed by atoms with van der Waals surface area (Å²) in [7, 11) is 0. The van der Waals surface area contributed by atoms with Gasteiger partial charge in [-0.1, -0.05) is 25.4 Å². The third kappa shape index (κ3) is 4.17. The molecule has 1 saturated heterocycles. The summed E-state index contributed by atoms with van der Waals surface area (Å²) in [6.07, 6.45) is 3.85. The lowest BCUT2D eigenvalue weighted by molar-refractivity contribution is 0.101. The van der Waals surface area contributed by atoms with Gasteiger partial charge in [0.25, 0.3) is 5.91 Å².